The van der Waals surface area contributed by atoms with Crippen LogP contribution in [0.4, 0.5) is 0 Å². The average Bonchev–Trinajstić information content (AvgIpc) is 2.58. The zero-order chi connectivity index (χ0) is 18.9. The number of hydrazone groups is 1. The SMILES string of the molecule is CCn1nc(C(=O)N/N=C2/C[C@H](C)CC(C)(C)C2)c2ccccc2c1=O. The van der Waals surface area contributed by atoms with Gasteiger partial charge in [-0.05, 0) is 43.6 Å². The van der Waals surface area contributed by atoms with Gasteiger partial charge in [0, 0.05) is 17.6 Å². The molecule has 26 heavy (non-hydrogen) atoms. The fourth-order valence-electron chi connectivity index (χ4n) is 4.00. The first-order valence-electron chi connectivity index (χ1n) is 9.16. The molecule has 6 nitrogen and oxygen atoms in total. The normalized spacial score (nSPS) is 21.1. The van der Waals surface area contributed by atoms with Crippen LogP contribution in [0, 0.1) is 11.3 Å². The number of benzene rings is 1. The van der Waals surface area contributed by atoms with E-state index in [1.165, 1.54) is 4.68 Å². The van der Waals surface area contributed by atoms with Crippen LogP contribution in [0.3, 0.4) is 0 Å². The molecular weight excluding hydrogens is 328 g/mol. The maximum Gasteiger partial charge on any atom is 0.292 e. The summed E-state index contributed by atoms with van der Waals surface area (Å²) in [5.74, 6) is 0.169. The Hall–Kier alpha value is -2.50. The van der Waals surface area contributed by atoms with Gasteiger partial charge in [-0.15, -0.1) is 0 Å². The number of carbonyl (C=O) groups is 1. The van der Waals surface area contributed by atoms with Crippen molar-refractivity contribution in [3.63, 3.8) is 0 Å². The van der Waals surface area contributed by atoms with Crippen LogP contribution in [0.1, 0.15) is 57.4 Å². The molecule has 6 heteroatoms. The summed E-state index contributed by atoms with van der Waals surface area (Å²) in [5, 5.41) is 9.68. The number of carbonyl (C=O) groups excluding carboxylic acids is 1. The third-order valence-electron chi connectivity index (χ3n) is 4.87. The third kappa shape index (κ3) is 3.69. The molecule has 0 unspecified atom stereocenters. The minimum Gasteiger partial charge on any atom is -0.267 e. The first-order chi connectivity index (χ1) is 12.3. The van der Waals surface area contributed by atoms with Crippen molar-refractivity contribution in [1.82, 2.24) is 15.2 Å². The van der Waals surface area contributed by atoms with Crippen LogP contribution in [0.25, 0.3) is 10.8 Å². The van der Waals surface area contributed by atoms with E-state index in [-0.39, 0.29) is 22.6 Å². The molecule has 138 valence electrons. The van der Waals surface area contributed by atoms with E-state index in [1.807, 2.05) is 6.92 Å². The Balaban J connectivity index is 1.92. The number of nitrogens with one attached hydrogen (secondary N) is 1. The second-order valence-corrected chi connectivity index (χ2v) is 7.99. The molecule has 0 aliphatic heterocycles. The Labute approximate surface area is 153 Å². The third-order valence-corrected chi connectivity index (χ3v) is 4.87. The van der Waals surface area contributed by atoms with Gasteiger partial charge in [0.1, 0.15) is 0 Å². The Morgan fingerprint density at radius 1 is 1.35 bits per heavy atom. The van der Waals surface area contributed by atoms with Crippen molar-refractivity contribution in [3.05, 3.63) is 40.3 Å². The average molecular weight is 354 g/mol. The number of rotatable bonds is 3. The number of fused-ring (bicyclic) bond motifs is 1. The largest absolute Gasteiger partial charge is 0.292 e. The van der Waals surface area contributed by atoms with Crippen LogP contribution >= 0.6 is 0 Å². The molecule has 1 aromatic carbocycles. The Bertz CT molecular complexity index is 927. The van der Waals surface area contributed by atoms with Crippen molar-refractivity contribution in [2.24, 2.45) is 16.4 Å². The van der Waals surface area contributed by atoms with Gasteiger partial charge in [0.05, 0.1) is 5.39 Å². The molecule has 1 heterocycles. The van der Waals surface area contributed by atoms with Crippen LogP contribution in [0.5, 0.6) is 0 Å². The molecule has 1 N–H and O–H groups in total. The van der Waals surface area contributed by atoms with E-state index in [2.05, 4.69) is 36.4 Å². The number of hydrogen-bond donors (Lipinski definition) is 1. The molecule has 1 atom stereocenters. The van der Waals surface area contributed by atoms with E-state index >= 15 is 0 Å². The van der Waals surface area contributed by atoms with Crippen molar-refractivity contribution in [1.29, 1.82) is 0 Å². The number of amides is 1. The summed E-state index contributed by atoms with van der Waals surface area (Å²) >= 11 is 0. The van der Waals surface area contributed by atoms with Crippen LogP contribution in [-0.2, 0) is 6.54 Å². The molecule has 0 radical (unpaired) electrons. The molecule has 2 aromatic rings. The number of hydrogen-bond acceptors (Lipinski definition) is 4. The predicted octanol–water partition coefficient (Wildman–Crippen LogP) is 3.35. The predicted molar refractivity (Wildman–Crippen MR) is 103 cm³/mol. The van der Waals surface area contributed by atoms with Crippen LogP contribution < -0.4 is 11.0 Å². The zero-order valence-corrected chi connectivity index (χ0v) is 15.9. The summed E-state index contributed by atoms with van der Waals surface area (Å²) in [5.41, 5.74) is 3.91. The second kappa shape index (κ2) is 7.02. The van der Waals surface area contributed by atoms with E-state index < -0.39 is 0 Å². The summed E-state index contributed by atoms with van der Waals surface area (Å²) in [7, 11) is 0. The summed E-state index contributed by atoms with van der Waals surface area (Å²) in [6.07, 6.45) is 2.93. The van der Waals surface area contributed by atoms with Crippen molar-refractivity contribution in [2.75, 3.05) is 0 Å². The van der Waals surface area contributed by atoms with Crippen molar-refractivity contribution in [2.45, 2.75) is 53.5 Å². The summed E-state index contributed by atoms with van der Waals surface area (Å²) in [4.78, 5) is 25.1. The van der Waals surface area contributed by atoms with Gasteiger partial charge in [-0.25, -0.2) is 10.1 Å². The van der Waals surface area contributed by atoms with Crippen molar-refractivity contribution >= 4 is 22.4 Å². The lowest BCUT2D eigenvalue weighted by Gasteiger charge is -2.34. The minimum absolute atomic E-state index is 0.186. The quantitative estimate of drug-likeness (QED) is 0.859. The lowest BCUT2D eigenvalue weighted by atomic mass is 9.72. The van der Waals surface area contributed by atoms with E-state index in [4.69, 9.17) is 0 Å². The van der Waals surface area contributed by atoms with Crippen molar-refractivity contribution in [3.8, 4) is 0 Å². The highest BCUT2D eigenvalue weighted by Gasteiger charge is 2.29. The van der Waals surface area contributed by atoms with E-state index in [0.29, 0.717) is 23.2 Å². The van der Waals surface area contributed by atoms with E-state index in [9.17, 15) is 9.59 Å². The summed E-state index contributed by atoms with van der Waals surface area (Å²) < 4.78 is 1.32. The molecule has 1 fully saturated rings. The topological polar surface area (TPSA) is 76.3 Å². The van der Waals surface area contributed by atoms with Gasteiger partial charge in [0.15, 0.2) is 5.69 Å². The summed E-state index contributed by atoms with van der Waals surface area (Å²) in [6, 6.07) is 7.06. The smallest absolute Gasteiger partial charge is 0.267 e. The van der Waals surface area contributed by atoms with Gasteiger partial charge < -0.3 is 0 Å². The first-order valence-corrected chi connectivity index (χ1v) is 9.16. The highest BCUT2D eigenvalue weighted by atomic mass is 16.2. The molecule has 3 rings (SSSR count). The fraction of sp³-hybridized carbons (Fsp3) is 0.500. The van der Waals surface area contributed by atoms with Crippen LogP contribution in [-0.4, -0.2) is 21.4 Å². The Morgan fingerprint density at radius 2 is 2.04 bits per heavy atom. The van der Waals surface area contributed by atoms with Gasteiger partial charge in [0.2, 0.25) is 0 Å². The maximum absolute atomic E-state index is 12.7. The first kappa shape index (κ1) is 18.3. The summed E-state index contributed by atoms with van der Waals surface area (Å²) in [6.45, 7) is 8.91. The molecular formula is C20H26N4O2. The highest BCUT2D eigenvalue weighted by molar-refractivity contribution is 6.05. The highest BCUT2D eigenvalue weighted by Crippen LogP contribution is 2.36. The molecule has 0 spiro atoms. The van der Waals surface area contributed by atoms with Gasteiger partial charge in [-0.3, -0.25) is 9.59 Å². The van der Waals surface area contributed by atoms with Gasteiger partial charge in [-0.2, -0.15) is 10.2 Å². The maximum atomic E-state index is 12.7. The monoisotopic (exact) mass is 354 g/mol. The van der Waals surface area contributed by atoms with Crippen LogP contribution in [0.2, 0.25) is 0 Å². The number of aromatic nitrogens is 2. The molecule has 1 aliphatic rings. The lowest BCUT2D eigenvalue weighted by molar-refractivity contribution is 0.0948. The van der Waals surface area contributed by atoms with E-state index in [1.54, 1.807) is 24.3 Å². The standard InChI is InChI=1S/C20H26N4O2/c1-5-24-19(26)16-9-7-6-8-15(16)17(23-24)18(25)22-21-14-10-13(2)11-20(3,4)12-14/h6-9,13H,5,10-12H2,1-4H3,(H,22,25)/b21-14-/t13-/m0/s1. The van der Waals surface area contributed by atoms with E-state index in [0.717, 1.165) is 25.0 Å². The Morgan fingerprint density at radius 3 is 2.69 bits per heavy atom. The van der Waals surface area contributed by atoms with Gasteiger partial charge in [-0.1, -0.05) is 39.0 Å². The van der Waals surface area contributed by atoms with Crippen LogP contribution in [0.15, 0.2) is 34.2 Å². The minimum atomic E-state index is -0.382. The van der Waals surface area contributed by atoms with Gasteiger partial charge >= 0.3 is 0 Å². The number of aryl methyl sites for hydroxylation is 1. The Kier molecular flexibility index (Phi) is 4.94. The molecule has 1 amide bonds. The number of nitrogens with zero attached hydrogens (tertiary/aromatic N) is 3. The molecule has 1 saturated carbocycles. The van der Waals surface area contributed by atoms with Crippen molar-refractivity contribution < 1.29 is 4.79 Å². The van der Waals surface area contributed by atoms with Gasteiger partial charge in [0.25, 0.3) is 11.5 Å². The molecule has 1 aromatic heterocycles. The molecule has 0 bridgehead atoms. The molecule has 1 aliphatic carbocycles. The molecule has 0 saturated heterocycles. The fourth-order valence-corrected chi connectivity index (χ4v) is 4.00. The lowest BCUT2D eigenvalue weighted by Crippen LogP contribution is -2.31. The second-order valence-electron chi connectivity index (χ2n) is 7.99. The zero-order valence-electron chi connectivity index (χ0n) is 15.9.